The van der Waals surface area contributed by atoms with E-state index < -0.39 is 0 Å². The van der Waals surface area contributed by atoms with Crippen LogP contribution >= 0.6 is 0 Å². The average Bonchev–Trinajstić information content (AvgIpc) is 3.00. The SMILES string of the molecule is Cc1nccn1-c1ccc(C(C)Nc2ccc(N=O)c(N)n2)cc1F. The fraction of sp³-hybridized carbons (Fsp3) is 0.176. The number of aryl methyl sites for hydroxylation is 1. The van der Waals surface area contributed by atoms with Crippen molar-refractivity contribution >= 4 is 17.3 Å². The maximum absolute atomic E-state index is 14.5. The summed E-state index contributed by atoms with van der Waals surface area (Å²) in [6.07, 6.45) is 3.34. The second-order valence-electron chi connectivity index (χ2n) is 5.61. The van der Waals surface area contributed by atoms with E-state index in [0.717, 1.165) is 5.56 Å². The van der Waals surface area contributed by atoms with Crippen LogP contribution in [-0.2, 0) is 0 Å². The van der Waals surface area contributed by atoms with Gasteiger partial charge < -0.3 is 15.6 Å². The highest BCUT2D eigenvalue weighted by atomic mass is 19.1. The third-order valence-electron chi connectivity index (χ3n) is 3.92. The Morgan fingerprint density at radius 3 is 2.72 bits per heavy atom. The maximum Gasteiger partial charge on any atom is 0.155 e. The van der Waals surface area contributed by atoms with Gasteiger partial charge in [-0.15, -0.1) is 4.91 Å². The Labute approximate surface area is 143 Å². The van der Waals surface area contributed by atoms with Crippen molar-refractivity contribution in [3.8, 4) is 5.69 Å². The number of aromatic nitrogens is 3. The minimum absolute atomic E-state index is 0.0457. The van der Waals surface area contributed by atoms with Crippen LogP contribution in [0.25, 0.3) is 5.69 Å². The Hall–Kier alpha value is -3.29. The third-order valence-corrected chi connectivity index (χ3v) is 3.92. The van der Waals surface area contributed by atoms with Gasteiger partial charge in [0.15, 0.2) is 5.82 Å². The van der Waals surface area contributed by atoms with Crippen molar-refractivity contribution < 1.29 is 4.39 Å². The fourth-order valence-corrected chi connectivity index (χ4v) is 2.55. The standard InChI is InChI=1S/C17H17FN6O/c1-10(21-16-6-4-14(23-25)17(19)22-16)12-3-5-15(13(18)9-12)24-8-7-20-11(24)2/h3-10H,1-2H3,(H3,19,21,22). The largest absolute Gasteiger partial charge is 0.382 e. The summed E-state index contributed by atoms with van der Waals surface area (Å²) in [6, 6.07) is 7.88. The second-order valence-corrected chi connectivity index (χ2v) is 5.61. The number of imidazole rings is 1. The van der Waals surface area contributed by atoms with Crippen molar-refractivity contribution in [1.29, 1.82) is 0 Å². The Kier molecular flexibility index (Phi) is 4.42. The molecule has 0 spiro atoms. The maximum atomic E-state index is 14.5. The van der Waals surface area contributed by atoms with E-state index in [9.17, 15) is 9.30 Å². The first kappa shape index (κ1) is 16.6. The second kappa shape index (κ2) is 6.68. The van der Waals surface area contributed by atoms with Crippen LogP contribution in [0.1, 0.15) is 24.4 Å². The molecule has 0 aliphatic rings. The van der Waals surface area contributed by atoms with Crippen LogP contribution in [0.2, 0.25) is 0 Å². The van der Waals surface area contributed by atoms with Crippen molar-refractivity contribution in [2.24, 2.45) is 5.18 Å². The molecule has 1 unspecified atom stereocenters. The van der Waals surface area contributed by atoms with Crippen LogP contribution in [0.5, 0.6) is 0 Å². The first-order valence-corrected chi connectivity index (χ1v) is 7.66. The molecule has 7 nitrogen and oxygen atoms in total. The van der Waals surface area contributed by atoms with E-state index in [1.165, 1.54) is 12.1 Å². The molecule has 0 aliphatic carbocycles. The quantitative estimate of drug-likeness (QED) is 0.687. The molecule has 8 heteroatoms. The molecule has 25 heavy (non-hydrogen) atoms. The molecule has 0 saturated heterocycles. The van der Waals surface area contributed by atoms with E-state index in [1.807, 2.05) is 19.9 Å². The zero-order valence-electron chi connectivity index (χ0n) is 13.8. The lowest BCUT2D eigenvalue weighted by atomic mass is 10.1. The smallest absolute Gasteiger partial charge is 0.155 e. The number of anilines is 2. The van der Waals surface area contributed by atoms with E-state index in [1.54, 1.807) is 29.1 Å². The number of nitrogens with zero attached hydrogens (tertiary/aromatic N) is 4. The van der Waals surface area contributed by atoms with Crippen molar-refractivity contribution in [2.45, 2.75) is 19.9 Å². The summed E-state index contributed by atoms with van der Waals surface area (Å²) in [6.45, 7) is 3.69. The van der Waals surface area contributed by atoms with Crippen LogP contribution in [0.4, 0.5) is 21.7 Å². The lowest BCUT2D eigenvalue weighted by molar-refractivity contribution is 0.612. The van der Waals surface area contributed by atoms with Gasteiger partial charge in [-0.05, 0) is 48.9 Å². The molecule has 0 amide bonds. The van der Waals surface area contributed by atoms with Gasteiger partial charge in [0.25, 0.3) is 0 Å². The molecule has 0 saturated carbocycles. The number of nitrogens with one attached hydrogen (secondary N) is 1. The van der Waals surface area contributed by atoms with Gasteiger partial charge in [-0.3, -0.25) is 0 Å². The van der Waals surface area contributed by atoms with Crippen molar-refractivity contribution in [3.05, 3.63) is 64.8 Å². The highest BCUT2D eigenvalue weighted by molar-refractivity contribution is 5.61. The number of rotatable bonds is 5. The van der Waals surface area contributed by atoms with Gasteiger partial charge in [-0.2, -0.15) is 0 Å². The molecule has 3 rings (SSSR count). The number of pyridine rings is 1. The fourth-order valence-electron chi connectivity index (χ4n) is 2.55. The van der Waals surface area contributed by atoms with Crippen LogP contribution < -0.4 is 11.1 Å². The Morgan fingerprint density at radius 1 is 1.32 bits per heavy atom. The monoisotopic (exact) mass is 340 g/mol. The molecule has 2 heterocycles. The lowest BCUT2D eigenvalue weighted by Crippen LogP contribution is -2.10. The summed E-state index contributed by atoms with van der Waals surface area (Å²) in [5, 5.41) is 5.90. The Morgan fingerprint density at radius 2 is 2.12 bits per heavy atom. The molecular weight excluding hydrogens is 323 g/mol. The number of nitrogens with two attached hydrogens (primary N) is 1. The van der Waals surface area contributed by atoms with Crippen LogP contribution in [0.15, 0.2) is 47.9 Å². The molecule has 1 atom stereocenters. The molecule has 3 N–H and O–H groups in total. The van der Waals surface area contributed by atoms with Crippen molar-refractivity contribution in [3.63, 3.8) is 0 Å². The summed E-state index contributed by atoms with van der Waals surface area (Å²) in [4.78, 5) is 18.7. The van der Waals surface area contributed by atoms with E-state index in [4.69, 9.17) is 5.73 Å². The van der Waals surface area contributed by atoms with Gasteiger partial charge in [-0.25, -0.2) is 14.4 Å². The highest BCUT2D eigenvalue weighted by Crippen LogP contribution is 2.25. The summed E-state index contributed by atoms with van der Waals surface area (Å²) in [5.41, 5.74) is 6.92. The number of nitroso groups, excluding NO2 is 1. The van der Waals surface area contributed by atoms with Gasteiger partial charge in [0, 0.05) is 12.4 Å². The molecular formula is C17H17FN6O. The normalized spacial score (nSPS) is 12.0. The summed E-state index contributed by atoms with van der Waals surface area (Å²) in [7, 11) is 0. The molecule has 0 fully saturated rings. The number of hydrogen-bond donors (Lipinski definition) is 2. The topological polar surface area (TPSA) is 98.2 Å². The zero-order valence-corrected chi connectivity index (χ0v) is 13.8. The van der Waals surface area contributed by atoms with Crippen LogP contribution in [0.3, 0.4) is 0 Å². The average molecular weight is 340 g/mol. The van der Waals surface area contributed by atoms with Gasteiger partial charge >= 0.3 is 0 Å². The molecule has 0 radical (unpaired) electrons. The van der Waals surface area contributed by atoms with Crippen LogP contribution in [0, 0.1) is 17.6 Å². The molecule has 0 bridgehead atoms. The Balaban J connectivity index is 1.82. The molecule has 128 valence electrons. The zero-order chi connectivity index (χ0) is 18.0. The first-order valence-electron chi connectivity index (χ1n) is 7.66. The predicted molar refractivity (Wildman–Crippen MR) is 94.4 cm³/mol. The highest BCUT2D eigenvalue weighted by Gasteiger charge is 2.13. The summed E-state index contributed by atoms with van der Waals surface area (Å²) in [5.74, 6) is 0.887. The van der Waals surface area contributed by atoms with Gasteiger partial charge in [0.1, 0.15) is 23.1 Å². The number of benzene rings is 1. The minimum atomic E-state index is -0.347. The minimum Gasteiger partial charge on any atom is -0.382 e. The van der Waals surface area contributed by atoms with Crippen molar-refractivity contribution in [1.82, 2.24) is 14.5 Å². The number of hydrogen-bond acceptors (Lipinski definition) is 6. The molecule has 1 aromatic carbocycles. The van der Waals surface area contributed by atoms with Crippen LogP contribution in [-0.4, -0.2) is 14.5 Å². The molecule has 0 aliphatic heterocycles. The van der Waals surface area contributed by atoms with E-state index in [-0.39, 0.29) is 23.4 Å². The van der Waals surface area contributed by atoms with Gasteiger partial charge in [0.05, 0.1) is 11.7 Å². The third kappa shape index (κ3) is 3.32. The van der Waals surface area contributed by atoms with Gasteiger partial charge in [-0.1, -0.05) is 6.07 Å². The van der Waals surface area contributed by atoms with Gasteiger partial charge in [0.2, 0.25) is 0 Å². The van der Waals surface area contributed by atoms with E-state index in [0.29, 0.717) is 17.3 Å². The first-order chi connectivity index (χ1) is 12.0. The molecule has 3 aromatic rings. The van der Waals surface area contributed by atoms with E-state index in [2.05, 4.69) is 20.5 Å². The summed E-state index contributed by atoms with van der Waals surface area (Å²) >= 11 is 0. The lowest BCUT2D eigenvalue weighted by Gasteiger charge is -2.17. The molecule has 2 aromatic heterocycles. The summed E-state index contributed by atoms with van der Waals surface area (Å²) < 4.78 is 16.2. The number of halogens is 1. The van der Waals surface area contributed by atoms with E-state index >= 15 is 0 Å². The van der Waals surface area contributed by atoms with Crippen molar-refractivity contribution in [2.75, 3.05) is 11.1 Å². The predicted octanol–water partition coefficient (Wildman–Crippen LogP) is 3.87. The Bertz CT molecular complexity index is 923. The number of nitrogen functional groups attached to an aromatic ring is 1.